The van der Waals surface area contributed by atoms with Crippen molar-refractivity contribution in [2.24, 2.45) is 0 Å². The molecular weight excluding hydrogens is 226 g/mol. The molecule has 1 N–H and O–H groups in total. The van der Waals surface area contributed by atoms with Crippen molar-refractivity contribution in [2.45, 2.75) is 26.7 Å². The second-order valence-corrected chi connectivity index (χ2v) is 3.87. The molecule has 0 saturated heterocycles. The fraction of sp³-hybridized carbons (Fsp3) is 0.636. The Kier molecular flexibility index (Phi) is 5.93. The van der Waals surface area contributed by atoms with Crippen molar-refractivity contribution < 1.29 is 4.74 Å². The molecule has 0 unspecified atom stereocenters. The van der Waals surface area contributed by atoms with Crippen LogP contribution in [0.1, 0.15) is 25.5 Å². The maximum atomic E-state index is 5.59. The number of alkyl halides is 1. The second kappa shape index (κ2) is 7.28. The summed E-state index contributed by atoms with van der Waals surface area (Å²) in [6.45, 7) is 5.44. The lowest BCUT2D eigenvalue weighted by atomic mass is 10.4. The van der Waals surface area contributed by atoms with E-state index in [1.807, 2.05) is 13.0 Å². The van der Waals surface area contributed by atoms with Crippen molar-refractivity contribution in [1.82, 2.24) is 9.97 Å². The third kappa shape index (κ3) is 4.66. The fourth-order valence-corrected chi connectivity index (χ4v) is 1.30. The minimum atomic E-state index is 0.608. The van der Waals surface area contributed by atoms with Gasteiger partial charge < -0.3 is 10.1 Å². The van der Waals surface area contributed by atoms with E-state index in [-0.39, 0.29) is 0 Å². The van der Waals surface area contributed by atoms with Crippen molar-refractivity contribution in [2.75, 3.05) is 24.3 Å². The summed E-state index contributed by atoms with van der Waals surface area (Å²) >= 11 is 5.59. The topological polar surface area (TPSA) is 47.0 Å². The molecule has 0 atom stereocenters. The van der Waals surface area contributed by atoms with E-state index in [0.717, 1.165) is 25.1 Å². The van der Waals surface area contributed by atoms with Crippen LogP contribution in [0.15, 0.2) is 6.07 Å². The van der Waals surface area contributed by atoms with E-state index < -0.39 is 0 Å². The van der Waals surface area contributed by atoms with Gasteiger partial charge in [-0.15, -0.1) is 11.6 Å². The lowest BCUT2D eigenvalue weighted by Gasteiger charge is -2.08. The summed E-state index contributed by atoms with van der Waals surface area (Å²) in [4.78, 5) is 8.52. The van der Waals surface area contributed by atoms with Gasteiger partial charge in [-0.1, -0.05) is 6.92 Å². The molecule has 4 nitrogen and oxygen atoms in total. The summed E-state index contributed by atoms with van der Waals surface area (Å²) in [5, 5.41) is 3.12. The van der Waals surface area contributed by atoms with Crippen molar-refractivity contribution >= 4 is 17.5 Å². The SMILES string of the molecule is CCCOc1cc(C)nc(NCCCCl)n1. The number of rotatable bonds is 7. The maximum absolute atomic E-state index is 5.59. The average Bonchev–Trinajstić information content (AvgIpc) is 2.26. The molecule has 0 amide bonds. The van der Waals surface area contributed by atoms with Gasteiger partial charge in [0.05, 0.1) is 6.61 Å². The number of aryl methyl sites for hydroxylation is 1. The highest BCUT2D eigenvalue weighted by molar-refractivity contribution is 6.17. The third-order valence-electron chi connectivity index (χ3n) is 1.88. The minimum Gasteiger partial charge on any atom is -0.478 e. The highest BCUT2D eigenvalue weighted by atomic mass is 35.5. The lowest BCUT2D eigenvalue weighted by molar-refractivity contribution is 0.305. The smallest absolute Gasteiger partial charge is 0.226 e. The number of ether oxygens (including phenoxy) is 1. The van der Waals surface area contributed by atoms with Crippen LogP contribution in [0.5, 0.6) is 5.88 Å². The van der Waals surface area contributed by atoms with Gasteiger partial charge in [-0.3, -0.25) is 0 Å². The first-order chi connectivity index (χ1) is 7.76. The van der Waals surface area contributed by atoms with Gasteiger partial charge in [0.2, 0.25) is 11.8 Å². The van der Waals surface area contributed by atoms with Gasteiger partial charge in [0.15, 0.2) is 0 Å². The van der Waals surface area contributed by atoms with Gasteiger partial charge in [-0.05, 0) is 19.8 Å². The van der Waals surface area contributed by atoms with Gasteiger partial charge in [-0.2, -0.15) is 4.98 Å². The molecule has 0 aliphatic carbocycles. The van der Waals surface area contributed by atoms with Gasteiger partial charge >= 0.3 is 0 Å². The van der Waals surface area contributed by atoms with E-state index in [0.29, 0.717) is 24.3 Å². The number of hydrogen-bond donors (Lipinski definition) is 1. The van der Waals surface area contributed by atoms with Gasteiger partial charge in [0.25, 0.3) is 0 Å². The van der Waals surface area contributed by atoms with E-state index >= 15 is 0 Å². The monoisotopic (exact) mass is 243 g/mol. The number of aromatic nitrogens is 2. The predicted molar refractivity (Wildman–Crippen MR) is 66.4 cm³/mol. The maximum Gasteiger partial charge on any atom is 0.226 e. The zero-order chi connectivity index (χ0) is 11.8. The number of halogens is 1. The third-order valence-corrected chi connectivity index (χ3v) is 2.15. The van der Waals surface area contributed by atoms with E-state index in [1.54, 1.807) is 0 Å². The zero-order valence-electron chi connectivity index (χ0n) is 9.79. The molecule has 0 aromatic carbocycles. The summed E-state index contributed by atoms with van der Waals surface area (Å²) < 4.78 is 5.47. The van der Waals surface area contributed by atoms with E-state index in [1.165, 1.54) is 0 Å². The standard InChI is InChI=1S/C11H18ClN3O/c1-3-7-16-10-8-9(2)14-11(15-10)13-6-4-5-12/h8H,3-7H2,1-2H3,(H,13,14,15). The number of hydrogen-bond acceptors (Lipinski definition) is 4. The molecule has 0 aliphatic rings. The molecule has 1 heterocycles. The zero-order valence-corrected chi connectivity index (χ0v) is 10.5. The number of nitrogens with one attached hydrogen (secondary N) is 1. The summed E-state index contributed by atoms with van der Waals surface area (Å²) in [5.74, 6) is 1.87. The van der Waals surface area contributed by atoms with Crippen LogP contribution in [0.25, 0.3) is 0 Å². The van der Waals surface area contributed by atoms with Crippen molar-refractivity contribution in [3.63, 3.8) is 0 Å². The fourth-order valence-electron chi connectivity index (χ4n) is 1.17. The van der Waals surface area contributed by atoms with Gasteiger partial charge in [0, 0.05) is 24.2 Å². The van der Waals surface area contributed by atoms with E-state index in [2.05, 4.69) is 22.2 Å². The molecule has 90 valence electrons. The van der Waals surface area contributed by atoms with Crippen molar-refractivity contribution in [3.05, 3.63) is 11.8 Å². The molecule has 0 bridgehead atoms. The summed E-state index contributed by atoms with van der Waals surface area (Å²) in [6, 6.07) is 1.84. The largest absolute Gasteiger partial charge is 0.478 e. The van der Waals surface area contributed by atoms with Crippen LogP contribution in [0.2, 0.25) is 0 Å². The molecule has 0 radical (unpaired) electrons. The Bertz CT molecular complexity index is 320. The first kappa shape index (κ1) is 13.0. The molecule has 5 heteroatoms. The molecule has 0 saturated carbocycles. The Hall–Kier alpha value is -1.03. The predicted octanol–water partition coefficient (Wildman–Crippen LogP) is 2.61. The van der Waals surface area contributed by atoms with Crippen LogP contribution in [0.3, 0.4) is 0 Å². The molecule has 1 aromatic rings. The van der Waals surface area contributed by atoms with Crippen LogP contribution in [0, 0.1) is 6.92 Å². The summed E-state index contributed by atoms with van der Waals surface area (Å²) in [7, 11) is 0. The average molecular weight is 244 g/mol. The molecule has 0 spiro atoms. The van der Waals surface area contributed by atoms with Crippen LogP contribution < -0.4 is 10.1 Å². The Morgan fingerprint density at radius 1 is 1.44 bits per heavy atom. The molecule has 1 aromatic heterocycles. The van der Waals surface area contributed by atoms with Gasteiger partial charge in [-0.25, -0.2) is 4.98 Å². The number of nitrogens with zero attached hydrogens (tertiary/aromatic N) is 2. The Balaban J connectivity index is 2.58. The van der Waals surface area contributed by atoms with Crippen LogP contribution in [-0.2, 0) is 0 Å². The van der Waals surface area contributed by atoms with Crippen molar-refractivity contribution in [3.8, 4) is 5.88 Å². The first-order valence-corrected chi connectivity index (χ1v) is 6.08. The van der Waals surface area contributed by atoms with Crippen LogP contribution in [0.4, 0.5) is 5.95 Å². The molecular formula is C11H18ClN3O. The molecule has 16 heavy (non-hydrogen) atoms. The quantitative estimate of drug-likeness (QED) is 0.591. The molecule has 0 aliphatic heterocycles. The molecule has 1 rings (SSSR count). The van der Waals surface area contributed by atoms with Crippen LogP contribution in [-0.4, -0.2) is 29.0 Å². The minimum absolute atomic E-state index is 0.608. The lowest BCUT2D eigenvalue weighted by Crippen LogP contribution is -2.08. The Morgan fingerprint density at radius 3 is 2.94 bits per heavy atom. The Morgan fingerprint density at radius 2 is 2.25 bits per heavy atom. The highest BCUT2D eigenvalue weighted by Crippen LogP contribution is 2.12. The highest BCUT2D eigenvalue weighted by Gasteiger charge is 2.02. The first-order valence-electron chi connectivity index (χ1n) is 5.54. The second-order valence-electron chi connectivity index (χ2n) is 3.49. The molecule has 0 fully saturated rings. The van der Waals surface area contributed by atoms with E-state index in [9.17, 15) is 0 Å². The van der Waals surface area contributed by atoms with Gasteiger partial charge in [0.1, 0.15) is 0 Å². The number of anilines is 1. The summed E-state index contributed by atoms with van der Waals surface area (Å²) in [5.41, 5.74) is 0.898. The van der Waals surface area contributed by atoms with Crippen molar-refractivity contribution in [1.29, 1.82) is 0 Å². The normalized spacial score (nSPS) is 10.2. The van der Waals surface area contributed by atoms with Crippen LogP contribution >= 0.6 is 11.6 Å². The Labute approximate surface area is 101 Å². The van der Waals surface area contributed by atoms with E-state index in [4.69, 9.17) is 16.3 Å². The summed E-state index contributed by atoms with van der Waals surface area (Å²) in [6.07, 6.45) is 1.86.